The van der Waals surface area contributed by atoms with Crippen LogP contribution < -0.4 is 24.8 Å². The third-order valence-corrected chi connectivity index (χ3v) is 4.86. The number of rotatable bonds is 5. The van der Waals surface area contributed by atoms with E-state index >= 15 is 0 Å². The first-order valence-electron chi connectivity index (χ1n) is 8.69. The summed E-state index contributed by atoms with van der Waals surface area (Å²) in [5, 5.41) is 5.23. The van der Waals surface area contributed by atoms with Crippen molar-refractivity contribution in [2.45, 2.75) is 12.5 Å². The van der Waals surface area contributed by atoms with Crippen LogP contribution in [0.4, 0.5) is 0 Å². The van der Waals surface area contributed by atoms with E-state index in [-0.39, 0.29) is 29.9 Å². The molecule has 1 aliphatic heterocycles. The van der Waals surface area contributed by atoms with Crippen LogP contribution in [0.2, 0.25) is 0 Å². The molecule has 1 atom stereocenters. The summed E-state index contributed by atoms with van der Waals surface area (Å²) in [4.78, 5) is 29.3. The number of hydrogen-bond acceptors (Lipinski definition) is 6. The van der Waals surface area contributed by atoms with Gasteiger partial charge in [0.15, 0.2) is 11.5 Å². The first-order chi connectivity index (χ1) is 13.9. The number of guanidine groups is 1. The first-order valence-corrected chi connectivity index (χ1v) is 9.49. The van der Waals surface area contributed by atoms with Gasteiger partial charge in [0.1, 0.15) is 0 Å². The van der Waals surface area contributed by atoms with Crippen molar-refractivity contribution in [3.05, 3.63) is 52.0 Å². The average Bonchev–Trinajstić information content (AvgIpc) is 2.72. The lowest BCUT2D eigenvalue weighted by atomic mass is 10.0. The van der Waals surface area contributed by atoms with E-state index in [9.17, 15) is 9.59 Å². The molecular weight excluding hydrogens is 442 g/mol. The van der Waals surface area contributed by atoms with Gasteiger partial charge in [-0.1, -0.05) is 28.1 Å². The summed E-state index contributed by atoms with van der Waals surface area (Å²) < 4.78 is 16.7. The summed E-state index contributed by atoms with van der Waals surface area (Å²) in [5.41, 5.74) is 1.14. The lowest BCUT2D eigenvalue weighted by molar-refractivity contribution is -0.120. The Morgan fingerprint density at radius 3 is 2.28 bits per heavy atom. The molecule has 152 valence electrons. The molecule has 0 aromatic heterocycles. The van der Waals surface area contributed by atoms with Gasteiger partial charge >= 0.3 is 0 Å². The summed E-state index contributed by atoms with van der Waals surface area (Å²) >= 11 is 3.38. The molecule has 0 bridgehead atoms. The van der Waals surface area contributed by atoms with Gasteiger partial charge in [0, 0.05) is 10.0 Å². The van der Waals surface area contributed by atoms with Crippen LogP contribution in [0, 0.1) is 0 Å². The number of carbonyl (C=O) groups is 2. The molecular formula is C20H20BrN3O5. The highest BCUT2D eigenvalue weighted by molar-refractivity contribution is 9.10. The van der Waals surface area contributed by atoms with Gasteiger partial charge in [0.2, 0.25) is 17.6 Å². The SMILES string of the molecule is COc1cc(C(=O)NC2=N[C@@H](c3ccc(Br)cc3)CC(=O)N2)cc(OC)c1OC. The van der Waals surface area contributed by atoms with Crippen molar-refractivity contribution in [3.63, 3.8) is 0 Å². The van der Waals surface area contributed by atoms with Crippen LogP contribution in [0.5, 0.6) is 17.2 Å². The highest BCUT2D eigenvalue weighted by atomic mass is 79.9. The third-order valence-electron chi connectivity index (χ3n) is 4.34. The predicted octanol–water partition coefficient (Wildman–Crippen LogP) is 2.82. The number of aliphatic imine (C=N–C) groups is 1. The van der Waals surface area contributed by atoms with Crippen LogP contribution >= 0.6 is 15.9 Å². The number of carbonyl (C=O) groups excluding carboxylic acids is 2. The molecule has 1 aliphatic rings. The number of ether oxygens (including phenoxy) is 3. The molecule has 0 saturated heterocycles. The lowest BCUT2D eigenvalue weighted by Gasteiger charge is -2.21. The number of benzene rings is 2. The zero-order valence-corrected chi connectivity index (χ0v) is 17.7. The molecule has 0 unspecified atom stereocenters. The summed E-state index contributed by atoms with van der Waals surface area (Å²) in [6.07, 6.45) is 0.200. The van der Waals surface area contributed by atoms with E-state index in [0.29, 0.717) is 17.2 Å². The first kappa shape index (κ1) is 20.7. The third kappa shape index (κ3) is 4.68. The zero-order chi connectivity index (χ0) is 21.0. The highest BCUT2D eigenvalue weighted by Crippen LogP contribution is 2.38. The molecule has 8 nitrogen and oxygen atoms in total. The molecule has 0 radical (unpaired) electrons. The Labute approximate surface area is 176 Å². The Kier molecular flexibility index (Phi) is 6.38. The molecule has 2 amide bonds. The lowest BCUT2D eigenvalue weighted by Crippen LogP contribution is -2.47. The minimum atomic E-state index is -0.472. The number of nitrogens with zero attached hydrogens (tertiary/aromatic N) is 1. The van der Waals surface area contributed by atoms with Gasteiger partial charge in [0.25, 0.3) is 5.91 Å². The van der Waals surface area contributed by atoms with Gasteiger partial charge in [-0.3, -0.25) is 20.2 Å². The van der Waals surface area contributed by atoms with Crippen molar-refractivity contribution in [2.24, 2.45) is 4.99 Å². The second-order valence-corrected chi connectivity index (χ2v) is 7.08. The van der Waals surface area contributed by atoms with Crippen molar-refractivity contribution in [1.82, 2.24) is 10.6 Å². The van der Waals surface area contributed by atoms with Crippen LogP contribution in [0.3, 0.4) is 0 Å². The molecule has 29 heavy (non-hydrogen) atoms. The molecule has 2 N–H and O–H groups in total. The topological polar surface area (TPSA) is 98.2 Å². The molecule has 1 heterocycles. The second-order valence-electron chi connectivity index (χ2n) is 6.17. The van der Waals surface area contributed by atoms with Crippen LogP contribution in [0.1, 0.15) is 28.4 Å². The largest absolute Gasteiger partial charge is 0.493 e. The smallest absolute Gasteiger partial charge is 0.258 e. The fourth-order valence-electron chi connectivity index (χ4n) is 2.93. The van der Waals surface area contributed by atoms with E-state index in [1.165, 1.54) is 33.5 Å². The van der Waals surface area contributed by atoms with Crippen LogP contribution in [-0.2, 0) is 4.79 Å². The average molecular weight is 462 g/mol. The minimum Gasteiger partial charge on any atom is -0.493 e. The molecule has 0 saturated carbocycles. The van der Waals surface area contributed by atoms with Crippen LogP contribution in [0.25, 0.3) is 0 Å². The Morgan fingerprint density at radius 2 is 1.72 bits per heavy atom. The number of amides is 2. The zero-order valence-electron chi connectivity index (χ0n) is 16.1. The standard InChI is InChI=1S/C20H20BrN3O5/c1-27-15-8-12(9-16(28-2)18(15)29-3)19(26)24-20-22-14(10-17(25)23-20)11-4-6-13(21)7-5-11/h4-9,14H,10H2,1-3H3,(H2,22,23,24,25,26)/t14-/m1/s1. The van der Waals surface area contributed by atoms with Gasteiger partial charge in [-0.2, -0.15) is 0 Å². The maximum atomic E-state index is 12.7. The molecule has 2 aromatic carbocycles. The molecule has 9 heteroatoms. The summed E-state index contributed by atoms with van der Waals surface area (Å²) in [7, 11) is 4.41. The molecule has 3 rings (SSSR count). The Hall–Kier alpha value is -3.07. The Balaban J connectivity index is 1.85. The number of hydrogen-bond donors (Lipinski definition) is 2. The summed E-state index contributed by atoms with van der Waals surface area (Å²) in [5.74, 6) is 0.463. The van der Waals surface area contributed by atoms with Gasteiger partial charge in [-0.15, -0.1) is 0 Å². The normalized spacial score (nSPS) is 15.8. The summed E-state index contributed by atoms with van der Waals surface area (Å²) in [6.45, 7) is 0. The predicted molar refractivity (Wildman–Crippen MR) is 111 cm³/mol. The molecule has 0 aliphatic carbocycles. The fourth-order valence-corrected chi connectivity index (χ4v) is 3.19. The molecule has 0 spiro atoms. The second kappa shape index (κ2) is 8.95. The van der Waals surface area contributed by atoms with Crippen molar-refractivity contribution in [1.29, 1.82) is 0 Å². The van der Waals surface area contributed by atoms with E-state index in [1.54, 1.807) is 0 Å². The maximum Gasteiger partial charge on any atom is 0.258 e. The van der Waals surface area contributed by atoms with Crippen molar-refractivity contribution < 1.29 is 23.8 Å². The monoisotopic (exact) mass is 461 g/mol. The van der Waals surface area contributed by atoms with E-state index in [0.717, 1.165) is 10.0 Å². The van der Waals surface area contributed by atoms with Crippen molar-refractivity contribution in [3.8, 4) is 17.2 Å². The van der Waals surface area contributed by atoms with E-state index in [4.69, 9.17) is 14.2 Å². The quantitative estimate of drug-likeness (QED) is 0.713. The van der Waals surface area contributed by atoms with Crippen LogP contribution in [-0.4, -0.2) is 39.1 Å². The Morgan fingerprint density at radius 1 is 1.10 bits per heavy atom. The number of nitrogens with one attached hydrogen (secondary N) is 2. The highest BCUT2D eigenvalue weighted by Gasteiger charge is 2.24. The van der Waals surface area contributed by atoms with E-state index in [1.807, 2.05) is 24.3 Å². The van der Waals surface area contributed by atoms with Crippen molar-refractivity contribution >= 4 is 33.7 Å². The summed E-state index contributed by atoms with van der Waals surface area (Å²) in [6, 6.07) is 10.2. The van der Waals surface area contributed by atoms with Gasteiger partial charge in [-0.05, 0) is 29.8 Å². The van der Waals surface area contributed by atoms with E-state index in [2.05, 4.69) is 31.6 Å². The fraction of sp³-hybridized carbons (Fsp3) is 0.250. The minimum absolute atomic E-state index is 0.0907. The van der Waals surface area contributed by atoms with Crippen LogP contribution in [0.15, 0.2) is 45.9 Å². The maximum absolute atomic E-state index is 12.7. The number of methoxy groups -OCH3 is 3. The Bertz CT molecular complexity index is 934. The van der Waals surface area contributed by atoms with Gasteiger partial charge < -0.3 is 14.2 Å². The van der Waals surface area contributed by atoms with Gasteiger partial charge in [-0.25, -0.2) is 4.99 Å². The molecule has 0 fully saturated rings. The van der Waals surface area contributed by atoms with Gasteiger partial charge in [0.05, 0.1) is 33.8 Å². The van der Waals surface area contributed by atoms with Crippen molar-refractivity contribution in [2.75, 3.05) is 21.3 Å². The number of halogens is 1. The molecule has 2 aromatic rings. The van der Waals surface area contributed by atoms with E-state index < -0.39 is 5.91 Å².